The zero-order valence-corrected chi connectivity index (χ0v) is 21.8. The molecule has 0 N–H and O–H groups in total. The fourth-order valence-corrected chi connectivity index (χ4v) is 5.30. The van der Waals surface area contributed by atoms with Crippen molar-refractivity contribution in [2.75, 3.05) is 16.6 Å². The van der Waals surface area contributed by atoms with Gasteiger partial charge < -0.3 is 4.74 Å². The molecule has 35 heavy (non-hydrogen) atoms. The largest absolute Gasteiger partial charge is 0.461 e. The summed E-state index contributed by atoms with van der Waals surface area (Å²) in [5.41, 5.74) is 3.35. The topological polar surface area (TPSA) is 57.5 Å². The third-order valence-corrected chi connectivity index (χ3v) is 7.38. The van der Waals surface area contributed by atoms with Gasteiger partial charge in [0.1, 0.15) is 0 Å². The summed E-state index contributed by atoms with van der Waals surface area (Å²) < 4.78 is 6.28. The lowest BCUT2D eigenvalue weighted by Gasteiger charge is -2.43. The second kappa shape index (κ2) is 9.89. The first-order valence-electron chi connectivity index (χ1n) is 10.9. The van der Waals surface area contributed by atoms with Crippen LogP contribution in [0.3, 0.4) is 0 Å². The number of carbonyl (C=O) groups excluding carboxylic acids is 1. The summed E-state index contributed by atoms with van der Waals surface area (Å²) in [6, 6.07) is 25.1. The molecule has 0 amide bonds. The highest BCUT2D eigenvalue weighted by molar-refractivity contribution is 9.10. The first kappa shape index (κ1) is 23.7. The molecule has 0 fully saturated rings. The van der Waals surface area contributed by atoms with Crippen molar-refractivity contribution in [2.45, 2.75) is 11.9 Å². The molecular formula is C26H20BrClN4O2S. The Hall–Kier alpha value is -3.07. The van der Waals surface area contributed by atoms with Gasteiger partial charge in [-0.2, -0.15) is 10.2 Å². The van der Waals surface area contributed by atoms with Gasteiger partial charge in [-0.3, -0.25) is 0 Å². The molecule has 2 heterocycles. The fourth-order valence-electron chi connectivity index (χ4n) is 3.76. The first-order valence-corrected chi connectivity index (χ1v) is 12.9. The van der Waals surface area contributed by atoms with Gasteiger partial charge in [-0.15, -0.1) is 0 Å². The van der Waals surface area contributed by atoms with Gasteiger partial charge >= 0.3 is 5.97 Å². The van der Waals surface area contributed by atoms with Crippen molar-refractivity contribution in [1.82, 2.24) is 0 Å². The maximum Gasteiger partial charge on any atom is 0.365 e. The molecule has 9 heteroatoms. The van der Waals surface area contributed by atoms with Gasteiger partial charge in [0.15, 0.2) is 0 Å². The van der Waals surface area contributed by atoms with E-state index in [1.807, 2.05) is 83.9 Å². The predicted octanol–water partition coefficient (Wildman–Crippen LogP) is 6.67. The van der Waals surface area contributed by atoms with E-state index in [9.17, 15) is 4.79 Å². The quantitative estimate of drug-likeness (QED) is 0.323. The molecule has 0 aliphatic carbocycles. The molecule has 6 nitrogen and oxygen atoms in total. The molecular weight excluding hydrogens is 548 g/mol. The number of hydrazone groups is 2. The second-order valence-electron chi connectivity index (χ2n) is 7.65. The smallest absolute Gasteiger partial charge is 0.365 e. The maximum atomic E-state index is 12.8. The Labute approximate surface area is 221 Å². The summed E-state index contributed by atoms with van der Waals surface area (Å²) in [5, 5.41) is 14.3. The number of benzene rings is 3. The van der Waals surface area contributed by atoms with Crippen molar-refractivity contribution in [3.8, 4) is 0 Å². The molecule has 3 aromatic carbocycles. The van der Waals surface area contributed by atoms with E-state index in [-0.39, 0.29) is 11.7 Å². The van der Waals surface area contributed by atoms with Crippen LogP contribution in [-0.4, -0.2) is 28.3 Å². The lowest BCUT2D eigenvalue weighted by Crippen LogP contribution is -2.53. The number of nitrogens with zero attached hydrogens (tertiary/aromatic N) is 4. The van der Waals surface area contributed by atoms with Gasteiger partial charge in [-0.05, 0) is 79.4 Å². The van der Waals surface area contributed by atoms with Gasteiger partial charge in [-0.1, -0.05) is 57.9 Å². The van der Waals surface area contributed by atoms with Crippen molar-refractivity contribution in [2.24, 2.45) is 10.2 Å². The van der Waals surface area contributed by atoms with E-state index in [2.05, 4.69) is 15.9 Å². The van der Waals surface area contributed by atoms with Crippen molar-refractivity contribution >= 4 is 67.4 Å². The first-order chi connectivity index (χ1) is 17.0. The van der Waals surface area contributed by atoms with Crippen LogP contribution in [0.5, 0.6) is 0 Å². The van der Waals surface area contributed by atoms with E-state index in [1.165, 1.54) is 11.8 Å². The summed E-state index contributed by atoms with van der Waals surface area (Å²) in [6.07, 6.45) is 3.97. The van der Waals surface area contributed by atoms with Crippen LogP contribution in [-0.2, 0) is 9.53 Å². The van der Waals surface area contributed by atoms with E-state index in [0.717, 1.165) is 27.1 Å². The molecule has 0 radical (unpaired) electrons. The van der Waals surface area contributed by atoms with Crippen LogP contribution in [0.4, 0.5) is 11.4 Å². The highest BCUT2D eigenvalue weighted by Crippen LogP contribution is 2.48. The zero-order valence-electron chi connectivity index (χ0n) is 18.6. The average molecular weight is 568 g/mol. The normalized spacial score (nSPS) is 19.1. The Kier molecular flexibility index (Phi) is 6.69. The Balaban J connectivity index is 1.65. The molecule has 5 rings (SSSR count). The van der Waals surface area contributed by atoms with Gasteiger partial charge in [0.2, 0.25) is 10.0 Å². The van der Waals surface area contributed by atoms with E-state index in [4.69, 9.17) is 26.5 Å². The minimum atomic E-state index is -0.976. The Morgan fingerprint density at radius 2 is 1.63 bits per heavy atom. The molecule has 0 aromatic heterocycles. The van der Waals surface area contributed by atoms with Crippen LogP contribution in [0.25, 0.3) is 0 Å². The maximum absolute atomic E-state index is 12.8. The molecule has 3 aromatic rings. The standard InChI is InChI=1S/C26H20BrClN4O2S/c1-2-34-25(33)24-30-32(22-14-12-20(28)13-15-22)26(35-24)17-16-23(18-8-10-19(27)11-9-18)29-31(26)21-6-4-3-5-7-21/h3-17H,2H2,1H3/t26-/m1/s1. The number of allylic oxidation sites excluding steroid dienone is 1. The molecule has 0 saturated heterocycles. The summed E-state index contributed by atoms with van der Waals surface area (Å²) in [4.78, 5) is 11.8. The van der Waals surface area contributed by atoms with E-state index >= 15 is 0 Å². The predicted molar refractivity (Wildman–Crippen MR) is 147 cm³/mol. The summed E-state index contributed by atoms with van der Waals surface area (Å²) in [6.45, 7) is 2.03. The number of anilines is 2. The van der Waals surface area contributed by atoms with Crippen molar-refractivity contribution in [1.29, 1.82) is 0 Å². The number of thioether (sulfide) groups is 1. The molecule has 176 valence electrons. The number of hydrogen-bond donors (Lipinski definition) is 0. The van der Waals surface area contributed by atoms with Gasteiger partial charge in [0.05, 0.1) is 23.7 Å². The number of halogens is 2. The van der Waals surface area contributed by atoms with Crippen LogP contribution in [0.2, 0.25) is 5.02 Å². The molecule has 0 bridgehead atoms. The lowest BCUT2D eigenvalue weighted by atomic mass is 10.1. The van der Waals surface area contributed by atoms with Gasteiger partial charge in [-0.25, -0.2) is 14.8 Å². The third kappa shape index (κ3) is 4.61. The van der Waals surface area contributed by atoms with Crippen molar-refractivity contribution in [3.05, 3.63) is 106 Å². The molecule has 2 aliphatic heterocycles. The minimum absolute atomic E-state index is 0.245. The number of esters is 1. The van der Waals surface area contributed by atoms with E-state index < -0.39 is 11.0 Å². The molecule has 1 spiro atoms. The molecule has 0 unspecified atom stereocenters. The number of para-hydroxylation sites is 1. The van der Waals surface area contributed by atoms with Crippen molar-refractivity contribution < 1.29 is 9.53 Å². The summed E-state index contributed by atoms with van der Waals surface area (Å²) in [5.74, 6) is -0.475. The number of ether oxygens (including phenoxy) is 1. The van der Waals surface area contributed by atoms with Gasteiger partial charge in [0, 0.05) is 15.1 Å². The van der Waals surface area contributed by atoms with Crippen LogP contribution in [0.1, 0.15) is 12.5 Å². The third-order valence-electron chi connectivity index (χ3n) is 5.37. The monoisotopic (exact) mass is 566 g/mol. The van der Waals surface area contributed by atoms with Gasteiger partial charge in [0.25, 0.3) is 0 Å². The summed E-state index contributed by atoms with van der Waals surface area (Å²) in [7, 11) is 0. The minimum Gasteiger partial charge on any atom is -0.461 e. The fraction of sp³-hybridized carbons (Fsp3) is 0.115. The average Bonchev–Trinajstić information content (AvgIpc) is 3.26. The van der Waals surface area contributed by atoms with E-state index in [0.29, 0.717) is 5.02 Å². The Morgan fingerprint density at radius 1 is 0.971 bits per heavy atom. The SMILES string of the molecule is CCOC(=O)C1=NN(c2ccc(Cl)cc2)[C@]2(C=CC(c3ccc(Br)cc3)=NN2c2ccccc2)S1. The number of carbonyl (C=O) groups is 1. The highest BCUT2D eigenvalue weighted by atomic mass is 79.9. The van der Waals surface area contributed by atoms with Crippen LogP contribution >= 0.6 is 39.3 Å². The second-order valence-corrected chi connectivity index (χ2v) is 10.2. The Morgan fingerprint density at radius 3 is 2.31 bits per heavy atom. The lowest BCUT2D eigenvalue weighted by molar-refractivity contribution is -0.134. The number of hydrogen-bond acceptors (Lipinski definition) is 7. The Bertz CT molecular complexity index is 1330. The molecule has 1 atom stereocenters. The highest BCUT2D eigenvalue weighted by Gasteiger charge is 2.51. The van der Waals surface area contributed by atoms with Crippen LogP contribution in [0.15, 0.2) is 106 Å². The van der Waals surface area contributed by atoms with E-state index in [1.54, 1.807) is 24.1 Å². The van der Waals surface area contributed by atoms with Crippen molar-refractivity contribution in [3.63, 3.8) is 0 Å². The zero-order chi connectivity index (χ0) is 24.4. The molecule has 0 saturated carbocycles. The summed E-state index contributed by atoms with van der Waals surface area (Å²) >= 11 is 10.9. The van der Waals surface area contributed by atoms with Crippen LogP contribution in [0, 0.1) is 0 Å². The van der Waals surface area contributed by atoms with Crippen LogP contribution < -0.4 is 10.0 Å². The molecule has 2 aliphatic rings. The number of rotatable bonds is 5.